The fourth-order valence-corrected chi connectivity index (χ4v) is 1.98. The first-order valence-corrected chi connectivity index (χ1v) is 5.84. The smallest absolute Gasteiger partial charge is 0.122 e. The molecule has 0 bridgehead atoms. The standard InChI is InChI=1S/C8H11NO2S/c1-12(2,11)8-6-4-3-5-7(8)9-10/h3-6,11H,1-2H3. The summed E-state index contributed by atoms with van der Waals surface area (Å²) in [5.41, 5.74) is 0.333. The van der Waals surface area contributed by atoms with Gasteiger partial charge in [-0.3, -0.25) is 0 Å². The Morgan fingerprint density at radius 3 is 2.33 bits per heavy atom. The zero-order valence-corrected chi connectivity index (χ0v) is 7.84. The van der Waals surface area contributed by atoms with Gasteiger partial charge in [-0.2, -0.15) is 0 Å². The lowest BCUT2D eigenvalue weighted by atomic mass is 10.3. The van der Waals surface area contributed by atoms with Crippen molar-refractivity contribution in [1.82, 2.24) is 0 Å². The van der Waals surface area contributed by atoms with Crippen molar-refractivity contribution in [3.63, 3.8) is 0 Å². The Hall–Kier alpha value is -0.870. The normalized spacial score (nSPS) is 12.6. The summed E-state index contributed by atoms with van der Waals surface area (Å²) in [6, 6.07) is 6.85. The number of nitroso groups, excluding NO2 is 1. The van der Waals surface area contributed by atoms with Crippen LogP contribution in [-0.4, -0.2) is 17.1 Å². The molecule has 0 radical (unpaired) electrons. The van der Waals surface area contributed by atoms with E-state index in [1.165, 1.54) is 0 Å². The van der Waals surface area contributed by atoms with Crippen LogP contribution in [0.15, 0.2) is 34.3 Å². The Morgan fingerprint density at radius 1 is 1.33 bits per heavy atom. The Morgan fingerprint density at radius 2 is 1.92 bits per heavy atom. The van der Waals surface area contributed by atoms with E-state index in [0.717, 1.165) is 0 Å². The number of hydrogen-bond donors (Lipinski definition) is 1. The van der Waals surface area contributed by atoms with Gasteiger partial charge < -0.3 is 4.55 Å². The van der Waals surface area contributed by atoms with Crippen molar-refractivity contribution in [3.05, 3.63) is 29.2 Å². The molecule has 1 N–H and O–H groups in total. The topological polar surface area (TPSA) is 49.7 Å². The molecule has 1 aromatic rings. The molecule has 0 fully saturated rings. The van der Waals surface area contributed by atoms with Crippen molar-refractivity contribution < 1.29 is 4.55 Å². The fourth-order valence-electron chi connectivity index (χ4n) is 0.955. The fraction of sp³-hybridized carbons (Fsp3) is 0.250. The summed E-state index contributed by atoms with van der Waals surface area (Å²) in [5, 5.41) is 2.85. The van der Waals surface area contributed by atoms with Crippen molar-refractivity contribution in [3.8, 4) is 0 Å². The molecule has 0 aromatic heterocycles. The van der Waals surface area contributed by atoms with Gasteiger partial charge in [0.1, 0.15) is 5.69 Å². The summed E-state index contributed by atoms with van der Waals surface area (Å²) >= 11 is 0. The van der Waals surface area contributed by atoms with Crippen LogP contribution in [0.25, 0.3) is 0 Å². The van der Waals surface area contributed by atoms with Gasteiger partial charge in [-0.25, -0.2) is 0 Å². The molecule has 0 amide bonds. The second-order valence-electron chi connectivity index (χ2n) is 2.83. The van der Waals surface area contributed by atoms with Gasteiger partial charge in [0.25, 0.3) is 0 Å². The van der Waals surface area contributed by atoms with Crippen molar-refractivity contribution in [1.29, 1.82) is 0 Å². The number of benzene rings is 1. The van der Waals surface area contributed by atoms with E-state index < -0.39 is 10.3 Å². The van der Waals surface area contributed by atoms with Crippen molar-refractivity contribution in [2.75, 3.05) is 12.5 Å². The third-order valence-electron chi connectivity index (χ3n) is 1.50. The van der Waals surface area contributed by atoms with Crippen LogP contribution >= 0.6 is 10.3 Å². The van der Waals surface area contributed by atoms with Gasteiger partial charge >= 0.3 is 0 Å². The average Bonchev–Trinajstić information content (AvgIpc) is 2.03. The number of rotatable bonds is 2. The molecular weight excluding hydrogens is 174 g/mol. The molecule has 0 unspecified atom stereocenters. The molecule has 66 valence electrons. The highest BCUT2D eigenvalue weighted by atomic mass is 32.3. The van der Waals surface area contributed by atoms with Gasteiger partial charge in [-0.05, 0) is 29.8 Å². The van der Waals surface area contributed by atoms with Crippen LogP contribution in [-0.2, 0) is 0 Å². The van der Waals surface area contributed by atoms with E-state index in [4.69, 9.17) is 0 Å². The predicted octanol–water partition coefficient (Wildman–Crippen LogP) is 2.98. The third kappa shape index (κ3) is 1.84. The van der Waals surface area contributed by atoms with Gasteiger partial charge in [-0.1, -0.05) is 12.1 Å². The summed E-state index contributed by atoms with van der Waals surface area (Å²) < 4.78 is 9.69. The highest BCUT2D eigenvalue weighted by molar-refractivity contribution is 8.28. The minimum Gasteiger partial charge on any atom is -0.348 e. The van der Waals surface area contributed by atoms with E-state index in [0.29, 0.717) is 10.6 Å². The minimum atomic E-state index is -1.84. The van der Waals surface area contributed by atoms with Crippen molar-refractivity contribution >= 4 is 16.0 Å². The van der Waals surface area contributed by atoms with Crippen LogP contribution in [0, 0.1) is 4.91 Å². The lowest BCUT2D eigenvalue weighted by molar-refractivity contribution is 0.637. The summed E-state index contributed by atoms with van der Waals surface area (Å²) in [7, 11) is -1.84. The molecule has 12 heavy (non-hydrogen) atoms. The Balaban J connectivity index is 3.23. The first-order valence-electron chi connectivity index (χ1n) is 3.44. The molecule has 1 rings (SSSR count). The van der Waals surface area contributed by atoms with Gasteiger partial charge in [0.05, 0.1) is 0 Å². The quantitative estimate of drug-likeness (QED) is 0.720. The Kier molecular flexibility index (Phi) is 2.49. The highest BCUT2D eigenvalue weighted by Crippen LogP contribution is 2.49. The maximum atomic E-state index is 10.3. The number of hydrogen-bond acceptors (Lipinski definition) is 3. The monoisotopic (exact) mass is 185 g/mol. The lowest BCUT2D eigenvalue weighted by Gasteiger charge is -2.24. The molecule has 0 aliphatic rings. The second-order valence-corrected chi connectivity index (χ2v) is 5.82. The van der Waals surface area contributed by atoms with Crippen LogP contribution in [0.3, 0.4) is 0 Å². The van der Waals surface area contributed by atoms with E-state index in [9.17, 15) is 9.46 Å². The molecule has 4 heteroatoms. The molecule has 0 saturated heterocycles. The maximum absolute atomic E-state index is 10.3. The minimum absolute atomic E-state index is 0.333. The summed E-state index contributed by atoms with van der Waals surface area (Å²) in [6.45, 7) is 0. The second kappa shape index (κ2) is 3.25. The zero-order valence-electron chi connectivity index (χ0n) is 7.02. The molecule has 3 nitrogen and oxygen atoms in total. The van der Waals surface area contributed by atoms with Crippen LogP contribution < -0.4 is 0 Å². The molecule has 0 saturated carbocycles. The molecule has 0 heterocycles. The van der Waals surface area contributed by atoms with Crippen LogP contribution in [0.4, 0.5) is 5.69 Å². The molecule has 0 atom stereocenters. The first kappa shape index (κ1) is 9.22. The first-order chi connectivity index (χ1) is 5.55. The maximum Gasteiger partial charge on any atom is 0.122 e. The average molecular weight is 185 g/mol. The van der Waals surface area contributed by atoms with Crippen molar-refractivity contribution in [2.45, 2.75) is 4.90 Å². The summed E-state index contributed by atoms with van der Waals surface area (Å²) in [4.78, 5) is 11.0. The summed E-state index contributed by atoms with van der Waals surface area (Å²) in [6.07, 6.45) is 3.41. The van der Waals surface area contributed by atoms with Gasteiger partial charge in [0, 0.05) is 4.90 Å². The SMILES string of the molecule is CS(C)(O)c1ccccc1N=O. The number of nitrogens with zero attached hydrogens (tertiary/aromatic N) is 1. The van der Waals surface area contributed by atoms with Gasteiger partial charge in [0.15, 0.2) is 0 Å². The van der Waals surface area contributed by atoms with Gasteiger partial charge in [-0.15, -0.1) is 15.2 Å². The molecule has 0 spiro atoms. The summed E-state index contributed by atoms with van der Waals surface area (Å²) in [5.74, 6) is 0. The zero-order chi connectivity index (χ0) is 9.19. The molecular formula is C8H11NO2S. The molecule has 1 aromatic carbocycles. The Labute approximate surface area is 72.9 Å². The van der Waals surface area contributed by atoms with E-state index in [1.54, 1.807) is 36.8 Å². The van der Waals surface area contributed by atoms with Gasteiger partial charge in [0.2, 0.25) is 0 Å². The van der Waals surface area contributed by atoms with E-state index in [1.807, 2.05) is 0 Å². The van der Waals surface area contributed by atoms with E-state index >= 15 is 0 Å². The van der Waals surface area contributed by atoms with Crippen LogP contribution in [0.2, 0.25) is 0 Å². The molecule has 0 aliphatic heterocycles. The third-order valence-corrected chi connectivity index (χ3v) is 2.92. The van der Waals surface area contributed by atoms with E-state index in [2.05, 4.69) is 5.18 Å². The van der Waals surface area contributed by atoms with Crippen molar-refractivity contribution in [2.24, 2.45) is 5.18 Å². The van der Waals surface area contributed by atoms with E-state index in [-0.39, 0.29) is 0 Å². The predicted molar refractivity (Wildman–Crippen MR) is 52.2 cm³/mol. The Bertz CT molecular complexity index is 293. The lowest BCUT2D eigenvalue weighted by Crippen LogP contribution is -1.93. The highest BCUT2D eigenvalue weighted by Gasteiger charge is 2.14. The van der Waals surface area contributed by atoms with Crippen LogP contribution in [0.1, 0.15) is 0 Å². The van der Waals surface area contributed by atoms with Crippen LogP contribution in [0.5, 0.6) is 0 Å². The molecule has 0 aliphatic carbocycles. The largest absolute Gasteiger partial charge is 0.348 e.